The highest BCUT2D eigenvalue weighted by molar-refractivity contribution is 6.01. The SMILES string of the molecule is [N-]=[N+]=NCc1ccccc1C[C@]1(C(=O)NNCC(F)(F)F)N=C(c2ccc(OCCCO)cc2)O[C@H]1c1ccccc1N=[N+]=[N-]. The molecular formula is C29H28F3N9O4. The van der Waals surface area contributed by atoms with Crippen molar-refractivity contribution < 1.29 is 32.5 Å². The second kappa shape index (κ2) is 14.9. The van der Waals surface area contributed by atoms with Gasteiger partial charge < -0.3 is 14.6 Å². The maximum Gasteiger partial charge on any atom is 0.402 e. The van der Waals surface area contributed by atoms with Gasteiger partial charge >= 0.3 is 6.18 Å². The standard InChI is InChI=1S/C29H28F3N9O4/c30-29(31,32)18-36-39-27(43)28(16-20-6-1-2-7-21(20)17-35-40-33)25(23-8-3-4-9-24(23)38-41-34)45-26(37-28)19-10-12-22(13-11-19)44-15-5-14-42/h1-4,6-13,25,36,42H,5,14-18H2,(H,39,43)/t25-,28-/m0/s1. The van der Waals surface area contributed by atoms with Crippen LogP contribution in [0.4, 0.5) is 18.9 Å². The molecule has 1 heterocycles. The Labute approximate surface area is 254 Å². The van der Waals surface area contributed by atoms with E-state index in [1.807, 2.05) is 5.43 Å². The third kappa shape index (κ3) is 8.22. The lowest BCUT2D eigenvalue weighted by Gasteiger charge is -2.32. The number of carbonyl (C=O) groups excluding carboxylic acids is 1. The lowest BCUT2D eigenvalue weighted by Crippen LogP contribution is -2.55. The molecule has 1 aliphatic heterocycles. The fourth-order valence-electron chi connectivity index (χ4n) is 4.72. The van der Waals surface area contributed by atoms with Gasteiger partial charge in [-0.05, 0) is 46.5 Å². The summed E-state index contributed by atoms with van der Waals surface area (Å²) in [6, 6.07) is 19.7. The van der Waals surface area contributed by atoms with Crippen LogP contribution in [-0.4, -0.2) is 48.4 Å². The number of benzene rings is 3. The fraction of sp³-hybridized carbons (Fsp3) is 0.310. The van der Waals surface area contributed by atoms with E-state index in [0.717, 1.165) is 0 Å². The summed E-state index contributed by atoms with van der Waals surface area (Å²) in [5.41, 5.74) is 22.2. The number of hydrogen-bond acceptors (Lipinski definition) is 8. The van der Waals surface area contributed by atoms with E-state index in [4.69, 9.17) is 25.1 Å². The zero-order valence-electron chi connectivity index (χ0n) is 23.7. The summed E-state index contributed by atoms with van der Waals surface area (Å²) in [6.45, 7) is -1.33. The lowest BCUT2D eigenvalue weighted by molar-refractivity contribution is -0.136. The maximum absolute atomic E-state index is 14.1. The normalized spacial score (nSPS) is 17.3. The number of halogens is 3. The van der Waals surface area contributed by atoms with Crippen molar-refractivity contribution in [3.63, 3.8) is 0 Å². The molecule has 0 bridgehead atoms. The summed E-state index contributed by atoms with van der Waals surface area (Å²) in [7, 11) is 0. The predicted octanol–water partition coefficient (Wildman–Crippen LogP) is 5.88. The average Bonchev–Trinajstić information content (AvgIpc) is 3.41. The fourth-order valence-corrected chi connectivity index (χ4v) is 4.72. The molecule has 0 unspecified atom stereocenters. The average molecular weight is 624 g/mol. The maximum atomic E-state index is 14.1. The Kier molecular flexibility index (Phi) is 10.8. The summed E-state index contributed by atoms with van der Waals surface area (Å²) in [4.78, 5) is 24.5. The Morgan fingerprint density at radius 1 is 1.04 bits per heavy atom. The molecule has 16 heteroatoms. The topological polar surface area (TPSA) is 190 Å². The van der Waals surface area contributed by atoms with Gasteiger partial charge in [-0.2, -0.15) is 13.2 Å². The number of hydrogen-bond donors (Lipinski definition) is 3. The van der Waals surface area contributed by atoms with Gasteiger partial charge in [0.05, 0.1) is 13.2 Å². The van der Waals surface area contributed by atoms with Crippen molar-refractivity contribution in [2.45, 2.75) is 37.2 Å². The first-order valence-electron chi connectivity index (χ1n) is 13.6. The molecule has 0 radical (unpaired) electrons. The van der Waals surface area contributed by atoms with Crippen LogP contribution in [0, 0.1) is 0 Å². The van der Waals surface area contributed by atoms with E-state index < -0.39 is 30.3 Å². The zero-order valence-corrected chi connectivity index (χ0v) is 23.7. The molecule has 3 aromatic carbocycles. The van der Waals surface area contributed by atoms with Gasteiger partial charge in [0, 0.05) is 46.1 Å². The third-order valence-electron chi connectivity index (χ3n) is 6.78. The third-order valence-corrected chi connectivity index (χ3v) is 6.78. The summed E-state index contributed by atoms with van der Waals surface area (Å²) in [6.07, 6.45) is -5.68. The number of carbonyl (C=O) groups is 1. The summed E-state index contributed by atoms with van der Waals surface area (Å²) >= 11 is 0. The summed E-state index contributed by atoms with van der Waals surface area (Å²) in [5.74, 6) is -0.454. The lowest BCUT2D eigenvalue weighted by atomic mass is 9.80. The van der Waals surface area contributed by atoms with Crippen LogP contribution < -0.4 is 15.6 Å². The second-order valence-electron chi connectivity index (χ2n) is 9.79. The van der Waals surface area contributed by atoms with Gasteiger partial charge in [0.2, 0.25) is 5.90 Å². The van der Waals surface area contributed by atoms with Crippen molar-refractivity contribution in [3.8, 4) is 5.75 Å². The van der Waals surface area contributed by atoms with Gasteiger partial charge in [0.15, 0.2) is 11.6 Å². The van der Waals surface area contributed by atoms with Gasteiger partial charge in [-0.3, -0.25) is 10.2 Å². The van der Waals surface area contributed by atoms with E-state index in [1.54, 1.807) is 66.7 Å². The monoisotopic (exact) mass is 623 g/mol. The van der Waals surface area contributed by atoms with Crippen LogP contribution in [-0.2, 0) is 22.5 Å². The van der Waals surface area contributed by atoms with Crippen LogP contribution in [0.5, 0.6) is 5.75 Å². The molecular weight excluding hydrogens is 595 g/mol. The van der Waals surface area contributed by atoms with Crippen LogP contribution in [0.15, 0.2) is 88.0 Å². The molecule has 234 valence electrons. The number of rotatable bonds is 14. The molecule has 4 rings (SSSR count). The van der Waals surface area contributed by atoms with Crippen molar-refractivity contribution in [2.75, 3.05) is 19.8 Å². The Hall–Kier alpha value is -5.27. The number of azide groups is 2. The van der Waals surface area contributed by atoms with Crippen LogP contribution in [0.2, 0.25) is 0 Å². The number of nitrogens with zero attached hydrogens (tertiary/aromatic N) is 7. The smallest absolute Gasteiger partial charge is 0.402 e. The highest BCUT2D eigenvalue weighted by atomic mass is 19.4. The Balaban J connectivity index is 1.86. The molecule has 13 nitrogen and oxygen atoms in total. The van der Waals surface area contributed by atoms with E-state index in [2.05, 4.69) is 25.5 Å². The second-order valence-corrected chi connectivity index (χ2v) is 9.79. The molecule has 45 heavy (non-hydrogen) atoms. The molecule has 0 fully saturated rings. The van der Waals surface area contributed by atoms with Crippen molar-refractivity contribution in [1.82, 2.24) is 10.9 Å². The highest BCUT2D eigenvalue weighted by Gasteiger charge is 2.54. The minimum atomic E-state index is -4.63. The van der Waals surface area contributed by atoms with Gasteiger partial charge in [-0.1, -0.05) is 58.8 Å². The number of aliphatic hydroxyl groups is 1. The minimum Gasteiger partial charge on any atom is -0.494 e. The van der Waals surface area contributed by atoms with Crippen molar-refractivity contribution in [3.05, 3.63) is 116 Å². The predicted molar refractivity (Wildman–Crippen MR) is 157 cm³/mol. The van der Waals surface area contributed by atoms with E-state index in [9.17, 15) is 23.5 Å². The molecule has 2 atom stereocenters. The first-order valence-corrected chi connectivity index (χ1v) is 13.6. The number of amides is 1. The van der Waals surface area contributed by atoms with Crippen molar-refractivity contribution in [1.29, 1.82) is 0 Å². The van der Waals surface area contributed by atoms with Crippen LogP contribution in [0.1, 0.15) is 34.8 Å². The van der Waals surface area contributed by atoms with E-state index in [-0.39, 0.29) is 43.3 Å². The molecule has 0 saturated carbocycles. The molecule has 3 N–H and O–H groups in total. The Morgan fingerprint density at radius 2 is 1.76 bits per heavy atom. The quantitative estimate of drug-likeness (QED) is 0.0663. The van der Waals surface area contributed by atoms with Gasteiger partial charge in [-0.25, -0.2) is 10.4 Å². The van der Waals surface area contributed by atoms with Crippen molar-refractivity contribution >= 4 is 17.5 Å². The molecule has 0 aliphatic carbocycles. The van der Waals surface area contributed by atoms with Crippen molar-refractivity contribution in [2.24, 2.45) is 15.2 Å². The molecule has 0 aromatic heterocycles. The number of nitrogens with one attached hydrogen (secondary N) is 2. The number of hydrazine groups is 1. The van der Waals surface area contributed by atoms with E-state index in [0.29, 0.717) is 28.9 Å². The Bertz CT molecular complexity index is 1620. The first-order chi connectivity index (χ1) is 21.7. The summed E-state index contributed by atoms with van der Waals surface area (Å²) < 4.78 is 51.0. The van der Waals surface area contributed by atoms with Crippen LogP contribution >= 0.6 is 0 Å². The minimum absolute atomic E-state index is 0.00357. The number of alkyl halides is 3. The highest BCUT2D eigenvalue weighted by Crippen LogP contribution is 2.45. The van der Waals surface area contributed by atoms with Crippen LogP contribution in [0.25, 0.3) is 20.9 Å². The van der Waals surface area contributed by atoms with E-state index >= 15 is 0 Å². The van der Waals surface area contributed by atoms with Gasteiger partial charge in [0.25, 0.3) is 5.91 Å². The van der Waals surface area contributed by atoms with Gasteiger partial charge in [0.1, 0.15) is 12.3 Å². The largest absolute Gasteiger partial charge is 0.494 e. The number of ether oxygens (including phenoxy) is 2. The molecule has 3 aromatic rings. The zero-order chi connectivity index (χ0) is 32.3. The van der Waals surface area contributed by atoms with Crippen LogP contribution in [0.3, 0.4) is 0 Å². The Morgan fingerprint density at radius 3 is 2.44 bits per heavy atom. The van der Waals surface area contributed by atoms with Gasteiger partial charge in [-0.15, -0.1) is 0 Å². The molecule has 0 spiro atoms. The number of aliphatic hydroxyl groups excluding tert-OH is 1. The molecule has 0 saturated heterocycles. The molecule has 1 amide bonds. The first kappa shape index (κ1) is 32.6. The molecule has 1 aliphatic rings. The van der Waals surface area contributed by atoms with E-state index in [1.165, 1.54) is 6.07 Å². The number of aliphatic imine (C=N–C) groups is 1. The summed E-state index contributed by atoms with van der Waals surface area (Å²) in [5, 5.41) is 16.4.